The van der Waals surface area contributed by atoms with Crippen molar-refractivity contribution in [1.29, 1.82) is 0 Å². The minimum absolute atomic E-state index is 0.234. The van der Waals surface area contributed by atoms with Crippen molar-refractivity contribution >= 4 is 6.29 Å². The van der Waals surface area contributed by atoms with Gasteiger partial charge in [-0.2, -0.15) is 0 Å². The van der Waals surface area contributed by atoms with Gasteiger partial charge in [0.15, 0.2) is 0 Å². The van der Waals surface area contributed by atoms with E-state index in [4.69, 9.17) is 0 Å². The Morgan fingerprint density at radius 2 is 2.23 bits per heavy atom. The molecule has 1 N–H and O–H groups in total. The van der Waals surface area contributed by atoms with E-state index in [2.05, 4.69) is 6.92 Å². The maximum Gasteiger partial charge on any atom is 0.150 e. The standard InChI is InChI=1S/C11H14O2/c1-2-3-4-10-6-5-9(8-12)7-11(10)13/h5-8,13H,2-4H2,1H3. The summed E-state index contributed by atoms with van der Waals surface area (Å²) < 4.78 is 0. The van der Waals surface area contributed by atoms with Crippen LogP contribution in [0.15, 0.2) is 18.2 Å². The summed E-state index contributed by atoms with van der Waals surface area (Å²) in [5.41, 5.74) is 1.45. The monoisotopic (exact) mass is 178 g/mol. The van der Waals surface area contributed by atoms with E-state index in [1.54, 1.807) is 6.07 Å². The number of benzene rings is 1. The van der Waals surface area contributed by atoms with Crippen LogP contribution in [-0.2, 0) is 6.42 Å². The molecule has 0 fully saturated rings. The third-order valence-corrected chi connectivity index (χ3v) is 2.05. The highest BCUT2D eigenvalue weighted by molar-refractivity contribution is 5.75. The van der Waals surface area contributed by atoms with Gasteiger partial charge in [0.1, 0.15) is 12.0 Å². The first kappa shape index (κ1) is 9.78. The lowest BCUT2D eigenvalue weighted by Gasteiger charge is -2.03. The van der Waals surface area contributed by atoms with Gasteiger partial charge in [-0.25, -0.2) is 0 Å². The zero-order chi connectivity index (χ0) is 9.68. The van der Waals surface area contributed by atoms with Gasteiger partial charge in [-0.15, -0.1) is 0 Å². The van der Waals surface area contributed by atoms with Crippen molar-refractivity contribution in [1.82, 2.24) is 0 Å². The molecule has 0 saturated heterocycles. The van der Waals surface area contributed by atoms with Gasteiger partial charge >= 0.3 is 0 Å². The van der Waals surface area contributed by atoms with Crippen LogP contribution in [0.25, 0.3) is 0 Å². The number of phenols is 1. The fourth-order valence-electron chi connectivity index (χ4n) is 1.23. The average molecular weight is 178 g/mol. The minimum atomic E-state index is 0.234. The first-order valence-electron chi connectivity index (χ1n) is 4.55. The predicted octanol–water partition coefficient (Wildman–Crippen LogP) is 2.55. The van der Waals surface area contributed by atoms with Crippen LogP contribution in [0, 0.1) is 0 Å². The van der Waals surface area contributed by atoms with E-state index in [-0.39, 0.29) is 5.75 Å². The molecule has 2 heteroatoms. The molecule has 0 spiro atoms. The van der Waals surface area contributed by atoms with Crippen LogP contribution in [0.2, 0.25) is 0 Å². The fourth-order valence-corrected chi connectivity index (χ4v) is 1.23. The molecular weight excluding hydrogens is 164 g/mol. The van der Waals surface area contributed by atoms with E-state index in [0.29, 0.717) is 5.56 Å². The normalized spacial score (nSPS) is 9.92. The summed E-state index contributed by atoms with van der Waals surface area (Å²) in [5, 5.41) is 9.49. The molecule has 0 aliphatic rings. The zero-order valence-corrected chi connectivity index (χ0v) is 7.79. The average Bonchev–Trinajstić information content (AvgIpc) is 2.16. The molecule has 2 nitrogen and oxygen atoms in total. The molecule has 1 aromatic rings. The van der Waals surface area contributed by atoms with E-state index in [1.807, 2.05) is 6.07 Å². The Labute approximate surface area is 78.2 Å². The van der Waals surface area contributed by atoms with Gasteiger partial charge in [0.25, 0.3) is 0 Å². The highest BCUT2D eigenvalue weighted by Gasteiger charge is 2.01. The molecular formula is C11H14O2. The van der Waals surface area contributed by atoms with Crippen LogP contribution in [-0.4, -0.2) is 11.4 Å². The second kappa shape index (κ2) is 4.65. The number of phenolic OH excluding ortho intramolecular Hbond substituents is 1. The van der Waals surface area contributed by atoms with E-state index in [1.165, 1.54) is 6.07 Å². The first-order chi connectivity index (χ1) is 6.27. The molecule has 1 aromatic carbocycles. The van der Waals surface area contributed by atoms with Gasteiger partial charge < -0.3 is 5.11 Å². The number of carbonyl (C=O) groups excluding carboxylic acids is 1. The smallest absolute Gasteiger partial charge is 0.150 e. The number of carbonyl (C=O) groups is 1. The molecule has 1 rings (SSSR count). The third-order valence-electron chi connectivity index (χ3n) is 2.05. The highest BCUT2D eigenvalue weighted by Crippen LogP contribution is 2.19. The summed E-state index contributed by atoms with van der Waals surface area (Å²) >= 11 is 0. The molecule has 0 aliphatic heterocycles. The Bertz CT molecular complexity index is 292. The summed E-state index contributed by atoms with van der Waals surface area (Å²) in [7, 11) is 0. The molecule has 0 aliphatic carbocycles. The van der Waals surface area contributed by atoms with E-state index < -0.39 is 0 Å². The summed E-state index contributed by atoms with van der Waals surface area (Å²) in [6.45, 7) is 2.11. The number of hydrogen-bond donors (Lipinski definition) is 1. The van der Waals surface area contributed by atoms with Crippen LogP contribution in [0.4, 0.5) is 0 Å². The van der Waals surface area contributed by atoms with Crippen LogP contribution < -0.4 is 0 Å². The topological polar surface area (TPSA) is 37.3 Å². The van der Waals surface area contributed by atoms with Crippen molar-refractivity contribution in [2.24, 2.45) is 0 Å². The lowest BCUT2D eigenvalue weighted by Crippen LogP contribution is -1.87. The lowest BCUT2D eigenvalue weighted by atomic mass is 10.1. The predicted molar refractivity (Wildman–Crippen MR) is 52.1 cm³/mol. The second-order valence-electron chi connectivity index (χ2n) is 3.11. The SMILES string of the molecule is CCCCc1ccc(C=O)cc1O. The fraction of sp³-hybridized carbons (Fsp3) is 0.364. The van der Waals surface area contributed by atoms with Gasteiger partial charge in [0, 0.05) is 5.56 Å². The molecule has 70 valence electrons. The molecule has 0 saturated carbocycles. The van der Waals surface area contributed by atoms with E-state index in [9.17, 15) is 9.90 Å². The molecule has 0 heterocycles. The number of aryl methyl sites for hydroxylation is 1. The molecule has 0 atom stereocenters. The Kier molecular flexibility index (Phi) is 3.50. The van der Waals surface area contributed by atoms with Gasteiger partial charge in [0.2, 0.25) is 0 Å². The Hall–Kier alpha value is -1.31. The molecule has 0 aromatic heterocycles. The zero-order valence-electron chi connectivity index (χ0n) is 7.79. The van der Waals surface area contributed by atoms with E-state index >= 15 is 0 Å². The highest BCUT2D eigenvalue weighted by atomic mass is 16.3. The molecule has 0 bridgehead atoms. The van der Waals surface area contributed by atoms with Crippen molar-refractivity contribution in [3.05, 3.63) is 29.3 Å². The van der Waals surface area contributed by atoms with Crippen LogP contribution >= 0.6 is 0 Å². The number of hydrogen-bond acceptors (Lipinski definition) is 2. The van der Waals surface area contributed by atoms with Gasteiger partial charge in [-0.3, -0.25) is 4.79 Å². The van der Waals surface area contributed by atoms with Crippen molar-refractivity contribution in [2.75, 3.05) is 0 Å². The molecule has 0 amide bonds. The van der Waals surface area contributed by atoms with Crippen LogP contribution in [0.5, 0.6) is 5.75 Å². The van der Waals surface area contributed by atoms with Crippen molar-refractivity contribution in [3.63, 3.8) is 0 Å². The second-order valence-corrected chi connectivity index (χ2v) is 3.11. The molecule has 0 radical (unpaired) electrons. The van der Waals surface area contributed by atoms with Crippen LogP contribution in [0.1, 0.15) is 35.7 Å². The first-order valence-corrected chi connectivity index (χ1v) is 4.55. The number of aromatic hydroxyl groups is 1. The number of rotatable bonds is 4. The third kappa shape index (κ3) is 2.58. The van der Waals surface area contributed by atoms with Gasteiger partial charge in [0.05, 0.1) is 0 Å². The Morgan fingerprint density at radius 1 is 1.46 bits per heavy atom. The van der Waals surface area contributed by atoms with Crippen molar-refractivity contribution < 1.29 is 9.90 Å². The maximum atomic E-state index is 10.4. The van der Waals surface area contributed by atoms with Crippen molar-refractivity contribution in [2.45, 2.75) is 26.2 Å². The summed E-state index contributed by atoms with van der Waals surface area (Å²) in [6, 6.07) is 5.06. The minimum Gasteiger partial charge on any atom is -0.508 e. The lowest BCUT2D eigenvalue weighted by molar-refractivity contribution is 0.112. The number of aldehydes is 1. The van der Waals surface area contributed by atoms with Gasteiger partial charge in [-0.05, 0) is 24.5 Å². The summed E-state index contributed by atoms with van der Waals surface area (Å²) in [4.78, 5) is 10.4. The van der Waals surface area contributed by atoms with Crippen LogP contribution in [0.3, 0.4) is 0 Å². The Morgan fingerprint density at radius 3 is 2.77 bits per heavy atom. The molecule has 13 heavy (non-hydrogen) atoms. The summed E-state index contributed by atoms with van der Waals surface area (Å²) in [5.74, 6) is 0.234. The Balaban J connectivity index is 2.79. The maximum absolute atomic E-state index is 10.4. The van der Waals surface area contributed by atoms with Gasteiger partial charge in [-0.1, -0.05) is 25.5 Å². The largest absolute Gasteiger partial charge is 0.508 e. The molecule has 0 unspecified atom stereocenters. The number of unbranched alkanes of at least 4 members (excludes halogenated alkanes) is 1. The quantitative estimate of drug-likeness (QED) is 0.719. The summed E-state index contributed by atoms with van der Waals surface area (Å²) in [6.07, 6.45) is 3.79. The van der Waals surface area contributed by atoms with E-state index in [0.717, 1.165) is 31.1 Å². The van der Waals surface area contributed by atoms with Crippen molar-refractivity contribution in [3.8, 4) is 5.75 Å².